The van der Waals surface area contributed by atoms with Gasteiger partial charge < -0.3 is 20.1 Å². The molecule has 0 saturated carbocycles. The Morgan fingerprint density at radius 1 is 1.11 bits per heavy atom. The van der Waals surface area contributed by atoms with Gasteiger partial charge in [-0.15, -0.1) is 11.3 Å². The van der Waals surface area contributed by atoms with Gasteiger partial charge in [-0.1, -0.05) is 27.2 Å². The predicted octanol–water partition coefficient (Wildman–Crippen LogP) is 5.98. The summed E-state index contributed by atoms with van der Waals surface area (Å²) in [6.07, 6.45) is 6.23. The summed E-state index contributed by atoms with van der Waals surface area (Å²) in [5.74, 6) is 1.42. The zero-order valence-corrected chi connectivity index (χ0v) is 23.8. The molecule has 0 radical (unpaired) electrons. The van der Waals surface area contributed by atoms with Gasteiger partial charge in [-0.3, -0.25) is 14.5 Å². The molecule has 8 heteroatoms. The van der Waals surface area contributed by atoms with E-state index in [1.807, 2.05) is 0 Å². The lowest BCUT2D eigenvalue weighted by Crippen LogP contribution is -2.42. The Morgan fingerprint density at radius 3 is 2.57 bits per heavy atom. The zero-order valence-electron chi connectivity index (χ0n) is 23.0. The van der Waals surface area contributed by atoms with Gasteiger partial charge in [0.1, 0.15) is 16.5 Å². The molecule has 7 nitrogen and oxygen atoms in total. The maximum absolute atomic E-state index is 13.7. The summed E-state index contributed by atoms with van der Waals surface area (Å²) in [6, 6.07) is 5.71. The molecule has 1 aliphatic heterocycles. The highest BCUT2D eigenvalue weighted by atomic mass is 32.1. The fourth-order valence-electron chi connectivity index (χ4n) is 5.48. The van der Waals surface area contributed by atoms with Gasteiger partial charge in [-0.25, -0.2) is 0 Å². The molecule has 202 valence electrons. The van der Waals surface area contributed by atoms with E-state index in [0.29, 0.717) is 46.3 Å². The average Bonchev–Trinajstić information content (AvgIpc) is 3.22. The van der Waals surface area contributed by atoms with Gasteiger partial charge in [-0.2, -0.15) is 0 Å². The van der Waals surface area contributed by atoms with Crippen molar-refractivity contribution in [3.8, 4) is 11.5 Å². The molecule has 0 spiro atoms. The third-order valence-corrected chi connectivity index (χ3v) is 9.08. The molecule has 1 fully saturated rings. The van der Waals surface area contributed by atoms with Crippen molar-refractivity contribution in [3.63, 3.8) is 0 Å². The van der Waals surface area contributed by atoms with Crippen LogP contribution < -0.4 is 20.1 Å². The van der Waals surface area contributed by atoms with Crippen molar-refractivity contribution in [2.75, 3.05) is 37.9 Å². The quantitative estimate of drug-likeness (QED) is 0.463. The second-order valence-corrected chi connectivity index (χ2v) is 12.5. The summed E-state index contributed by atoms with van der Waals surface area (Å²) in [5, 5.41) is 6.81. The van der Waals surface area contributed by atoms with Crippen LogP contribution in [-0.2, 0) is 17.6 Å². The minimum Gasteiger partial charge on any atom is -0.497 e. The van der Waals surface area contributed by atoms with E-state index in [0.717, 1.165) is 44.2 Å². The monoisotopic (exact) mass is 527 g/mol. The molecule has 2 amide bonds. The smallest absolute Gasteiger partial charge is 0.259 e. The Hall–Kier alpha value is -2.58. The van der Waals surface area contributed by atoms with Gasteiger partial charge in [0.25, 0.3) is 5.91 Å². The number of thiophene rings is 1. The molecule has 1 aromatic heterocycles. The summed E-state index contributed by atoms with van der Waals surface area (Å²) >= 11 is 1.57. The number of carbonyl (C=O) groups is 2. The lowest BCUT2D eigenvalue weighted by atomic mass is 9.72. The van der Waals surface area contributed by atoms with E-state index in [4.69, 9.17) is 9.47 Å². The molecule has 2 heterocycles. The third kappa shape index (κ3) is 6.29. The van der Waals surface area contributed by atoms with Crippen molar-refractivity contribution in [2.45, 2.75) is 72.3 Å². The minimum absolute atomic E-state index is 0.0594. The molecule has 1 aromatic carbocycles. The van der Waals surface area contributed by atoms with Crippen LogP contribution in [0.25, 0.3) is 0 Å². The van der Waals surface area contributed by atoms with Crippen LogP contribution in [0.5, 0.6) is 11.5 Å². The van der Waals surface area contributed by atoms with Crippen molar-refractivity contribution >= 4 is 33.8 Å². The third-order valence-electron chi connectivity index (χ3n) is 7.91. The highest BCUT2D eigenvalue weighted by Crippen LogP contribution is 2.44. The van der Waals surface area contributed by atoms with Crippen LogP contribution in [0.2, 0.25) is 0 Å². The summed E-state index contributed by atoms with van der Waals surface area (Å²) < 4.78 is 10.8. The molecule has 37 heavy (non-hydrogen) atoms. The molecule has 1 saturated heterocycles. The first-order chi connectivity index (χ1) is 17.6. The topological polar surface area (TPSA) is 79.9 Å². The van der Waals surface area contributed by atoms with Crippen molar-refractivity contribution in [1.82, 2.24) is 4.90 Å². The average molecular weight is 528 g/mol. The fraction of sp³-hybridized carbons (Fsp3) is 0.586. The second kappa shape index (κ2) is 11.4. The Labute approximate surface area is 224 Å². The number of fused-ring (bicyclic) bond motifs is 1. The van der Waals surface area contributed by atoms with Crippen LogP contribution in [-0.4, -0.2) is 50.1 Å². The molecule has 2 atom stereocenters. The van der Waals surface area contributed by atoms with Crippen molar-refractivity contribution < 1.29 is 19.1 Å². The van der Waals surface area contributed by atoms with Crippen LogP contribution in [0.4, 0.5) is 10.7 Å². The first-order valence-corrected chi connectivity index (χ1v) is 14.1. The lowest BCUT2D eigenvalue weighted by Gasteiger charge is -2.33. The van der Waals surface area contributed by atoms with E-state index in [1.165, 1.54) is 11.3 Å². The Bertz CT molecular complexity index is 1140. The Morgan fingerprint density at radius 2 is 1.89 bits per heavy atom. The fourth-order valence-corrected chi connectivity index (χ4v) is 6.82. The van der Waals surface area contributed by atoms with E-state index in [2.05, 4.69) is 43.2 Å². The number of nitrogens with one attached hydrogen (secondary N) is 2. The number of ether oxygens (including phenoxy) is 2. The minimum atomic E-state index is -0.225. The number of hydrogen-bond donors (Lipinski definition) is 2. The number of nitrogens with zero attached hydrogens (tertiary/aromatic N) is 1. The number of anilines is 2. The summed E-state index contributed by atoms with van der Waals surface area (Å²) in [4.78, 5) is 30.3. The number of benzene rings is 1. The number of rotatable bonds is 7. The molecule has 4 rings (SSSR count). The van der Waals surface area contributed by atoms with E-state index in [1.54, 1.807) is 43.8 Å². The van der Waals surface area contributed by atoms with Crippen LogP contribution in [0.1, 0.15) is 74.2 Å². The second-order valence-electron chi connectivity index (χ2n) is 11.4. The predicted molar refractivity (Wildman–Crippen MR) is 150 cm³/mol. The SMILES string of the molecule is COc1ccc(NC(=O)c2c(NC(=O)CN3CCCC[C@H]3C)sc3c2CC[C@@H](C(C)(C)C)C3)c(OC)c1. The first-order valence-electron chi connectivity index (χ1n) is 13.3. The van der Waals surface area contributed by atoms with Gasteiger partial charge in [0.15, 0.2) is 0 Å². The molecule has 0 bridgehead atoms. The van der Waals surface area contributed by atoms with Crippen LogP contribution in [0.15, 0.2) is 18.2 Å². The van der Waals surface area contributed by atoms with Gasteiger partial charge >= 0.3 is 0 Å². The van der Waals surface area contributed by atoms with Gasteiger partial charge in [-0.05, 0) is 74.6 Å². The van der Waals surface area contributed by atoms with Crippen LogP contribution in [0, 0.1) is 11.3 Å². The molecule has 2 aromatic rings. The summed E-state index contributed by atoms with van der Waals surface area (Å²) in [7, 11) is 3.16. The van der Waals surface area contributed by atoms with E-state index < -0.39 is 0 Å². The standard InChI is InChI=1S/C29H41N3O4S/c1-18-9-7-8-14-32(18)17-25(33)31-28-26(21-12-10-19(29(2,3)4)15-24(21)37-28)27(34)30-22-13-11-20(35-5)16-23(22)36-6/h11,13,16,18-19H,7-10,12,14-15,17H2,1-6H3,(H,30,34)(H,31,33)/t18-,19-/m1/s1. The van der Waals surface area contributed by atoms with Gasteiger partial charge in [0.2, 0.25) is 5.91 Å². The number of methoxy groups -OCH3 is 2. The molecular formula is C29H41N3O4S. The molecule has 1 aliphatic carbocycles. The van der Waals surface area contributed by atoms with Crippen LogP contribution in [0.3, 0.4) is 0 Å². The molecule has 0 unspecified atom stereocenters. The highest BCUT2D eigenvalue weighted by molar-refractivity contribution is 7.17. The summed E-state index contributed by atoms with van der Waals surface area (Å²) in [6.45, 7) is 10.3. The Balaban J connectivity index is 1.62. The maximum atomic E-state index is 13.7. The van der Waals surface area contributed by atoms with Crippen LogP contribution >= 0.6 is 11.3 Å². The highest BCUT2D eigenvalue weighted by Gasteiger charge is 2.34. The van der Waals surface area contributed by atoms with Gasteiger partial charge in [0, 0.05) is 17.0 Å². The number of amides is 2. The molecule has 2 N–H and O–H groups in total. The summed E-state index contributed by atoms with van der Waals surface area (Å²) in [5.41, 5.74) is 2.41. The first kappa shape index (κ1) is 27.5. The largest absolute Gasteiger partial charge is 0.497 e. The number of carbonyl (C=O) groups excluding carboxylic acids is 2. The van der Waals surface area contributed by atoms with E-state index in [-0.39, 0.29) is 17.2 Å². The maximum Gasteiger partial charge on any atom is 0.259 e. The number of likely N-dealkylation sites (tertiary alicyclic amines) is 1. The number of hydrogen-bond acceptors (Lipinski definition) is 6. The van der Waals surface area contributed by atoms with E-state index >= 15 is 0 Å². The van der Waals surface area contributed by atoms with E-state index in [9.17, 15) is 9.59 Å². The van der Waals surface area contributed by atoms with Gasteiger partial charge in [0.05, 0.1) is 32.0 Å². The zero-order chi connectivity index (χ0) is 26.7. The van der Waals surface area contributed by atoms with Crippen molar-refractivity contribution in [1.29, 1.82) is 0 Å². The van der Waals surface area contributed by atoms with Crippen molar-refractivity contribution in [2.24, 2.45) is 11.3 Å². The Kier molecular flexibility index (Phi) is 8.49. The normalized spacial score (nSPS) is 20.2. The molecule has 2 aliphatic rings. The van der Waals surface area contributed by atoms with Crippen molar-refractivity contribution in [3.05, 3.63) is 34.2 Å². The lowest BCUT2D eigenvalue weighted by molar-refractivity contribution is -0.118. The molecular weight excluding hydrogens is 486 g/mol. The number of piperidine rings is 1.